The second-order valence-electron chi connectivity index (χ2n) is 3.36. The molecule has 16 heavy (non-hydrogen) atoms. The lowest BCUT2D eigenvalue weighted by atomic mass is 10.1. The number of benzene rings is 1. The number of para-hydroxylation sites is 1. The molecule has 0 fully saturated rings. The Labute approximate surface area is 93.3 Å². The van der Waals surface area contributed by atoms with Gasteiger partial charge in [0, 0.05) is 5.69 Å². The predicted octanol–water partition coefficient (Wildman–Crippen LogP) is 0.862. The molecule has 1 atom stereocenters. The molecule has 5 heteroatoms. The van der Waals surface area contributed by atoms with Crippen molar-refractivity contribution in [3.8, 4) is 0 Å². The summed E-state index contributed by atoms with van der Waals surface area (Å²) in [6.07, 6.45) is 0.327. The van der Waals surface area contributed by atoms with E-state index >= 15 is 0 Å². The number of carboxylic acids is 1. The van der Waals surface area contributed by atoms with Crippen LogP contribution in [0.1, 0.15) is 23.7 Å². The van der Waals surface area contributed by atoms with Crippen LogP contribution in [-0.4, -0.2) is 23.0 Å². The zero-order valence-electron chi connectivity index (χ0n) is 8.93. The zero-order valence-corrected chi connectivity index (χ0v) is 8.93. The first-order chi connectivity index (χ1) is 7.56. The molecular weight excluding hydrogens is 208 g/mol. The van der Waals surface area contributed by atoms with Gasteiger partial charge in [0.1, 0.15) is 6.04 Å². The summed E-state index contributed by atoms with van der Waals surface area (Å²) in [5.74, 6) is -1.52. The summed E-state index contributed by atoms with van der Waals surface area (Å²) in [6.45, 7) is 1.69. The van der Waals surface area contributed by atoms with E-state index in [2.05, 4.69) is 5.32 Å². The number of nitrogens with one attached hydrogen (secondary N) is 1. The van der Waals surface area contributed by atoms with Crippen molar-refractivity contribution < 1.29 is 14.7 Å². The molecule has 0 aliphatic carbocycles. The number of carboxylic acid groups (broad SMARTS) is 1. The Morgan fingerprint density at radius 2 is 2.06 bits per heavy atom. The van der Waals surface area contributed by atoms with Crippen molar-refractivity contribution in [3.05, 3.63) is 29.8 Å². The number of hydrogen-bond acceptors (Lipinski definition) is 3. The summed E-state index contributed by atoms with van der Waals surface area (Å²) in [5.41, 5.74) is 6.23. The van der Waals surface area contributed by atoms with Crippen molar-refractivity contribution >= 4 is 17.6 Å². The van der Waals surface area contributed by atoms with Crippen molar-refractivity contribution in [3.63, 3.8) is 0 Å². The summed E-state index contributed by atoms with van der Waals surface area (Å²) in [5, 5.41) is 11.2. The van der Waals surface area contributed by atoms with Gasteiger partial charge in [-0.1, -0.05) is 19.1 Å². The average Bonchev–Trinajstić information content (AvgIpc) is 2.25. The van der Waals surface area contributed by atoms with Gasteiger partial charge >= 0.3 is 5.97 Å². The fraction of sp³-hybridized carbons (Fsp3) is 0.273. The van der Waals surface area contributed by atoms with Gasteiger partial charge in [0.05, 0.1) is 5.56 Å². The lowest BCUT2D eigenvalue weighted by molar-refractivity contribution is -0.139. The second kappa shape index (κ2) is 5.16. The van der Waals surface area contributed by atoms with Crippen LogP contribution in [0.2, 0.25) is 0 Å². The van der Waals surface area contributed by atoms with E-state index in [1.165, 1.54) is 0 Å². The molecule has 1 rings (SSSR count). The number of carbonyl (C=O) groups is 2. The number of hydrogen-bond donors (Lipinski definition) is 3. The number of nitrogens with two attached hydrogens (primary N) is 1. The molecule has 0 radical (unpaired) electrons. The summed E-state index contributed by atoms with van der Waals surface area (Å²) < 4.78 is 0. The maximum atomic E-state index is 11.7. The van der Waals surface area contributed by atoms with Crippen molar-refractivity contribution in [2.75, 3.05) is 5.73 Å². The Morgan fingerprint density at radius 3 is 2.56 bits per heavy atom. The molecule has 1 aromatic carbocycles. The lowest BCUT2D eigenvalue weighted by Gasteiger charge is -2.13. The third-order valence-electron chi connectivity index (χ3n) is 2.22. The molecular formula is C11H14N2O3. The third-order valence-corrected chi connectivity index (χ3v) is 2.22. The maximum absolute atomic E-state index is 11.7. The van der Waals surface area contributed by atoms with E-state index in [1.807, 2.05) is 0 Å². The average molecular weight is 222 g/mol. The standard InChI is InChI=1S/C11H14N2O3/c1-2-9(11(15)16)13-10(14)7-5-3-4-6-8(7)12/h3-6,9H,2,12H2,1H3,(H,13,14)(H,15,16)/t9-/m0/s1. The van der Waals surface area contributed by atoms with Gasteiger partial charge in [0.15, 0.2) is 0 Å². The van der Waals surface area contributed by atoms with Gasteiger partial charge in [-0.3, -0.25) is 4.79 Å². The monoisotopic (exact) mass is 222 g/mol. The van der Waals surface area contributed by atoms with Crippen LogP contribution in [0.15, 0.2) is 24.3 Å². The normalized spacial score (nSPS) is 11.8. The first kappa shape index (κ1) is 12.0. The Bertz CT molecular complexity index is 404. The van der Waals surface area contributed by atoms with Gasteiger partial charge in [-0.25, -0.2) is 4.79 Å². The molecule has 1 aromatic rings. The van der Waals surface area contributed by atoms with E-state index in [0.717, 1.165) is 0 Å². The van der Waals surface area contributed by atoms with Crippen LogP contribution in [0, 0.1) is 0 Å². The molecule has 0 aliphatic rings. The minimum Gasteiger partial charge on any atom is -0.480 e. The SMILES string of the molecule is CC[C@H](NC(=O)c1ccccc1N)C(=O)O. The van der Waals surface area contributed by atoms with E-state index in [4.69, 9.17) is 10.8 Å². The van der Waals surface area contributed by atoms with Crippen molar-refractivity contribution in [2.45, 2.75) is 19.4 Å². The number of amides is 1. The highest BCUT2D eigenvalue weighted by Gasteiger charge is 2.19. The minimum atomic E-state index is -1.05. The third kappa shape index (κ3) is 2.73. The first-order valence-electron chi connectivity index (χ1n) is 4.94. The first-order valence-corrected chi connectivity index (χ1v) is 4.94. The van der Waals surface area contributed by atoms with Crippen LogP contribution >= 0.6 is 0 Å². The molecule has 0 unspecified atom stereocenters. The van der Waals surface area contributed by atoms with Crippen LogP contribution in [0.5, 0.6) is 0 Å². The van der Waals surface area contributed by atoms with E-state index < -0.39 is 17.9 Å². The number of anilines is 1. The zero-order chi connectivity index (χ0) is 12.1. The molecule has 0 aliphatic heterocycles. The van der Waals surface area contributed by atoms with E-state index in [0.29, 0.717) is 17.7 Å². The highest BCUT2D eigenvalue weighted by atomic mass is 16.4. The summed E-state index contributed by atoms with van der Waals surface area (Å²) in [6, 6.07) is 5.65. The van der Waals surface area contributed by atoms with Crippen molar-refractivity contribution in [1.82, 2.24) is 5.32 Å². The fourth-order valence-corrected chi connectivity index (χ4v) is 1.28. The Kier molecular flexibility index (Phi) is 3.88. The van der Waals surface area contributed by atoms with Gasteiger partial charge in [-0.15, -0.1) is 0 Å². The predicted molar refractivity (Wildman–Crippen MR) is 60.0 cm³/mol. The van der Waals surface area contributed by atoms with Crippen LogP contribution in [0.25, 0.3) is 0 Å². The summed E-state index contributed by atoms with van der Waals surface area (Å²) in [4.78, 5) is 22.4. The lowest BCUT2D eigenvalue weighted by Crippen LogP contribution is -2.40. The molecule has 0 bridgehead atoms. The minimum absolute atomic E-state index is 0.294. The second-order valence-corrected chi connectivity index (χ2v) is 3.36. The quantitative estimate of drug-likeness (QED) is 0.659. The molecule has 0 saturated heterocycles. The summed E-state index contributed by atoms with van der Waals surface area (Å²) in [7, 11) is 0. The molecule has 0 spiro atoms. The molecule has 86 valence electrons. The maximum Gasteiger partial charge on any atom is 0.326 e. The number of rotatable bonds is 4. The Balaban J connectivity index is 2.80. The van der Waals surface area contributed by atoms with E-state index in [9.17, 15) is 9.59 Å². The Morgan fingerprint density at radius 1 is 1.44 bits per heavy atom. The molecule has 0 saturated carbocycles. The molecule has 0 heterocycles. The van der Waals surface area contributed by atoms with Gasteiger partial charge in [0.25, 0.3) is 5.91 Å². The number of carbonyl (C=O) groups excluding carboxylic acids is 1. The highest BCUT2D eigenvalue weighted by Crippen LogP contribution is 2.10. The molecule has 1 amide bonds. The number of nitrogen functional groups attached to an aromatic ring is 1. The number of aliphatic carboxylic acids is 1. The van der Waals surface area contributed by atoms with Crippen molar-refractivity contribution in [2.24, 2.45) is 0 Å². The van der Waals surface area contributed by atoms with Crippen LogP contribution in [0.3, 0.4) is 0 Å². The van der Waals surface area contributed by atoms with Gasteiger partial charge in [0.2, 0.25) is 0 Å². The van der Waals surface area contributed by atoms with Crippen LogP contribution in [0.4, 0.5) is 5.69 Å². The van der Waals surface area contributed by atoms with Crippen LogP contribution < -0.4 is 11.1 Å². The van der Waals surface area contributed by atoms with Gasteiger partial charge < -0.3 is 16.2 Å². The van der Waals surface area contributed by atoms with E-state index in [-0.39, 0.29) is 0 Å². The Hall–Kier alpha value is -2.04. The molecule has 4 N–H and O–H groups in total. The largest absolute Gasteiger partial charge is 0.480 e. The fourth-order valence-electron chi connectivity index (χ4n) is 1.28. The molecule has 5 nitrogen and oxygen atoms in total. The van der Waals surface area contributed by atoms with E-state index in [1.54, 1.807) is 31.2 Å². The van der Waals surface area contributed by atoms with Gasteiger partial charge in [-0.05, 0) is 18.6 Å². The summed E-state index contributed by atoms with van der Waals surface area (Å²) >= 11 is 0. The highest BCUT2D eigenvalue weighted by molar-refractivity contribution is 6.00. The van der Waals surface area contributed by atoms with Gasteiger partial charge in [-0.2, -0.15) is 0 Å². The van der Waals surface area contributed by atoms with Crippen molar-refractivity contribution in [1.29, 1.82) is 0 Å². The smallest absolute Gasteiger partial charge is 0.326 e. The van der Waals surface area contributed by atoms with Crippen LogP contribution in [-0.2, 0) is 4.79 Å². The topological polar surface area (TPSA) is 92.4 Å². The molecule has 0 aromatic heterocycles.